The van der Waals surface area contributed by atoms with Crippen molar-refractivity contribution < 1.29 is 9.18 Å². The van der Waals surface area contributed by atoms with Gasteiger partial charge in [0, 0.05) is 22.6 Å². The summed E-state index contributed by atoms with van der Waals surface area (Å²) in [6.07, 6.45) is 0. The summed E-state index contributed by atoms with van der Waals surface area (Å²) >= 11 is 0. The molecule has 2 aromatic rings. The van der Waals surface area contributed by atoms with Crippen LogP contribution in [0.4, 0.5) is 16.0 Å². The normalized spacial score (nSPS) is 10.3. The van der Waals surface area contributed by atoms with Crippen LogP contribution in [0.3, 0.4) is 0 Å². The van der Waals surface area contributed by atoms with Crippen LogP contribution in [0.5, 0.6) is 0 Å². The van der Waals surface area contributed by atoms with E-state index in [9.17, 15) is 9.18 Å². The summed E-state index contributed by atoms with van der Waals surface area (Å²) in [4.78, 5) is 20.1. The number of aromatic nitrogens is 2. The van der Waals surface area contributed by atoms with Gasteiger partial charge in [0.25, 0.3) is 5.91 Å². The van der Waals surface area contributed by atoms with Gasteiger partial charge >= 0.3 is 0 Å². The molecule has 0 aliphatic carbocycles. The lowest BCUT2D eigenvalue weighted by Gasteiger charge is -2.06. The van der Waals surface area contributed by atoms with E-state index < -0.39 is 11.7 Å². The predicted octanol–water partition coefficient (Wildman–Crippen LogP) is 2.07. The number of hydrogen-bond donors (Lipinski definition) is 2. The van der Waals surface area contributed by atoms with Crippen LogP contribution in [0.2, 0.25) is 0 Å². The number of carbonyl (C=O) groups is 1. The van der Waals surface area contributed by atoms with Gasteiger partial charge in [-0.3, -0.25) is 10.1 Å². The lowest BCUT2D eigenvalue weighted by molar-refractivity contribution is 0.102. The van der Waals surface area contributed by atoms with Crippen LogP contribution in [0, 0.1) is 19.7 Å². The maximum atomic E-state index is 13.2. The number of nitrogen functional groups attached to an aromatic ring is 1. The third-order valence-corrected chi connectivity index (χ3v) is 2.39. The molecule has 3 N–H and O–H groups in total. The van der Waals surface area contributed by atoms with Crippen LogP contribution >= 0.6 is 0 Å². The molecule has 0 aliphatic rings. The van der Waals surface area contributed by atoms with Crippen LogP contribution in [0.15, 0.2) is 24.3 Å². The Hall–Kier alpha value is -2.50. The summed E-state index contributed by atoms with van der Waals surface area (Å²) in [5.74, 6) is -0.881. The fourth-order valence-electron chi connectivity index (χ4n) is 1.70. The Labute approximate surface area is 109 Å². The first-order chi connectivity index (χ1) is 8.94. The SMILES string of the molecule is Cc1cc(C)nc(NC(=O)c2cc(N)cc(F)c2)n1. The van der Waals surface area contributed by atoms with Gasteiger partial charge in [0.1, 0.15) is 5.82 Å². The van der Waals surface area contributed by atoms with Crippen molar-refractivity contribution in [3.05, 3.63) is 47.0 Å². The molecule has 0 spiro atoms. The summed E-state index contributed by atoms with van der Waals surface area (Å²) in [6.45, 7) is 3.59. The molecule has 19 heavy (non-hydrogen) atoms. The van der Waals surface area contributed by atoms with E-state index in [1.165, 1.54) is 6.07 Å². The zero-order valence-electron chi connectivity index (χ0n) is 10.6. The summed E-state index contributed by atoms with van der Waals surface area (Å²) in [7, 11) is 0. The first-order valence-electron chi connectivity index (χ1n) is 5.64. The van der Waals surface area contributed by atoms with Crippen molar-refractivity contribution in [1.82, 2.24) is 9.97 Å². The highest BCUT2D eigenvalue weighted by Gasteiger charge is 2.10. The summed E-state index contributed by atoms with van der Waals surface area (Å²) < 4.78 is 13.2. The third-order valence-electron chi connectivity index (χ3n) is 2.39. The lowest BCUT2D eigenvalue weighted by Crippen LogP contribution is -2.15. The highest BCUT2D eigenvalue weighted by molar-refractivity contribution is 6.03. The molecule has 0 atom stereocenters. The van der Waals surface area contributed by atoms with Crippen molar-refractivity contribution in [2.45, 2.75) is 13.8 Å². The number of carbonyl (C=O) groups excluding carboxylic acids is 1. The van der Waals surface area contributed by atoms with Gasteiger partial charge in [-0.15, -0.1) is 0 Å². The number of anilines is 2. The number of nitrogens with zero attached hydrogens (tertiary/aromatic N) is 2. The lowest BCUT2D eigenvalue weighted by atomic mass is 10.2. The Balaban J connectivity index is 2.25. The number of aryl methyl sites for hydroxylation is 2. The molecular weight excluding hydrogens is 247 g/mol. The summed E-state index contributed by atoms with van der Waals surface area (Å²) in [6, 6.07) is 5.43. The maximum Gasteiger partial charge on any atom is 0.258 e. The maximum absolute atomic E-state index is 13.2. The molecule has 5 nitrogen and oxygen atoms in total. The van der Waals surface area contributed by atoms with E-state index in [0.717, 1.165) is 23.5 Å². The Morgan fingerprint density at radius 3 is 2.37 bits per heavy atom. The number of rotatable bonds is 2. The molecule has 0 unspecified atom stereocenters. The van der Waals surface area contributed by atoms with Crippen LogP contribution < -0.4 is 11.1 Å². The largest absolute Gasteiger partial charge is 0.399 e. The Morgan fingerprint density at radius 2 is 1.79 bits per heavy atom. The third kappa shape index (κ3) is 3.25. The van der Waals surface area contributed by atoms with Crippen LogP contribution in [0.25, 0.3) is 0 Å². The molecule has 1 amide bonds. The minimum Gasteiger partial charge on any atom is -0.399 e. The van der Waals surface area contributed by atoms with Gasteiger partial charge in [0.2, 0.25) is 5.95 Å². The van der Waals surface area contributed by atoms with Gasteiger partial charge in [0.15, 0.2) is 0 Å². The molecule has 1 aromatic heterocycles. The fourth-order valence-corrected chi connectivity index (χ4v) is 1.70. The molecule has 6 heteroatoms. The monoisotopic (exact) mass is 260 g/mol. The number of benzene rings is 1. The molecule has 0 aliphatic heterocycles. The fraction of sp³-hybridized carbons (Fsp3) is 0.154. The molecule has 1 aromatic carbocycles. The molecule has 1 heterocycles. The molecule has 98 valence electrons. The molecule has 2 rings (SSSR count). The van der Waals surface area contributed by atoms with Crippen molar-refractivity contribution in [2.24, 2.45) is 0 Å². The smallest absolute Gasteiger partial charge is 0.258 e. The first-order valence-corrected chi connectivity index (χ1v) is 5.64. The second-order valence-electron chi connectivity index (χ2n) is 4.20. The van der Waals surface area contributed by atoms with Crippen molar-refractivity contribution in [3.8, 4) is 0 Å². The molecule has 0 bridgehead atoms. The van der Waals surface area contributed by atoms with Gasteiger partial charge in [-0.05, 0) is 38.1 Å². The second-order valence-corrected chi connectivity index (χ2v) is 4.20. The number of hydrogen-bond acceptors (Lipinski definition) is 4. The number of amides is 1. The van der Waals surface area contributed by atoms with Crippen LogP contribution in [-0.2, 0) is 0 Å². The van der Waals surface area contributed by atoms with E-state index >= 15 is 0 Å². The van der Waals surface area contributed by atoms with Gasteiger partial charge in [-0.2, -0.15) is 0 Å². The van der Waals surface area contributed by atoms with Gasteiger partial charge < -0.3 is 5.73 Å². The second kappa shape index (κ2) is 5.01. The first kappa shape index (κ1) is 12.9. The quantitative estimate of drug-likeness (QED) is 0.810. The van der Waals surface area contributed by atoms with E-state index in [-0.39, 0.29) is 17.2 Å². The number of nitrogens with two attached hydrogens (primary N) is 1. The topological polar surface area (TPSA) is 80.9 Å². The van der Waals surface area contributed by atoms with E-state index in [2.05, 4.69) is 15.3 Å². The summed E-state index contributed by atoms with van der Waals surface area (Å²) in [5, 5.41) is 2.51. The minimum absolute atomic E-state index is 0.125. The Morgan fingerprint density at radius 1 is 1.16 bits per heavy atom. The van der Waals surface area contributed by atoms with Crippen molar-refractivity contribution in [1.29, 1.82) is 0 Å². The number of nitrogens with one attached hydrogen (secondary N) is 1. The van der Waals surface area contributed by atoms with Crippen molar-refractivity contribution in [2.75, 3.05) is 11.1 Å². The zero-order chi connectivity index (χ0) is 14.0. The standard InChI is InChI=1S/C13H13FN4O/c1-7-3-8(2)17-13(16-7)18-12(19)9-4-10(14)6-11(15)5-9/h3-6H,15H2,1-2H3,(H,16,17,18,19). The van der Waals surface area contributed by atoms with E-state index in [0.29, 0.717) is 0 Å². The van der Waals surface area contributed by atoms with Gasteiger partial charge in [0.05, 0.1) is 0 Å². The highest BCUT2D eigenvalue weighted by atomic mass is 19.1. The molecule has 0 saturated heterocycles. The Bertz CT molecular complexity index is 602. The van der Waals surface area contributed by atoms with Gasteiger partial charge in [-0.25, -0.2) is 14.4 Å². The van der Waals surface area contributed by atoms with Gasteiger partial charge in [-0.1, -0.05) is 0 Å². The van der Waals surface area contributed by atoms with Crippen LogP contribution in [0.1, 0.15) is 21.7 Å². The average molecular weight is 260 g/mol. The van der Waals surface area contributed by atoms with Crippen molar-refractivity contribution in [3.63, 3.8) is 0 Å². The van der Waals surface area contributed by atoms with E-state index in [1.54, 1.807) is 19.9 Å². The number of halogens is 1. The highest BCUT2D eigenvalue weighted by Crippen LogP contribution is 2.12. The van der Waals surface area contributed by atoms with E-state index in [1.807, 2.05) is 0 Å². The molecule has 0 radical (unpaired) electrons. The minimum atomic E-state index is -0.563. The van der Waals surface area contributed by atoms with E-state index in [4.69, 9.17) is 5.73 Å². The van der Waals surface area contributed by atoms with Crippen molar-refractivity contribution >= 4 is 17.5 Å². The molecular formula is C13H13FN4O. The molecule has 0 fully saturated rings. The Kier molecular flexibility index (Phi) is 3.41. The predicted molar refractivity (Wildman–Crippen MR) is 70.3 cm³/mol. The van der Waals surface area contributed by atoms with Crippen LogP contribution in [-0.4, -0.2) is 15.9 Å². The average Bonchev–Trinajstić information content (AvgIpc) is 2.25. The molecule has 0 saturated carbocycles. The zero-order valence-corrected chi connectivity index (χ0v) is 10.6. The summed E-state index contributed by atoms with van der Waals surface area (Å²) in [5.41, 5.74) is 7.27.